The molecule has 4 heteroatoms. The van der Waals surface area contributed by atoms with Gasteiger partial charge in [0.2, 0.25) is 0 Å². The maximum Gasteiger partial charge on any atom is 0.122 e. The number of hydrogen-bond acceptors (Lipinski definition) is 1. The molecule has 3 heterocycles. The van der Waals surface area contributed by atoms with Crippen LogP contribution in [0.15, 0.2) is 61.1 Å². The number of para-hydroxylation sites is 1. The van der Waals surface area contributed by atoms with Crippen LogP contribution in [0.2, 0.25) is 0 Å². The Bertz CT molecular complexity index is 1210. The quantitative estimate of drug-likeness (QED) is 0.327. The molecule has 0 fully saturated rings. The average Bonchev–Trinajstić information content (AvgIpc) is 3.22. The zero-order valence-corrected chi connectivity index (χ0v) is 16.3. The van der Waals surface area contributed by atoms with Gasteiger partial charge in [0.1, 0.15) is 5.65 Å². The van der Waals surface area contributed by atoms with Crippen LogP contribution in [0.25, 0.3) is 38.6 Å². The van der Waals surface area contributed by atoms with Gasteiger partial charge in [0.15, 0.2) is 0 Å². The van der Waals surface area contributed by atoms with Crippen molar-refractivity contribution < 1.29 is 20.1 Å². The van der Waals surface area contributed by atoms with E-state index in [1.165, 1.54) is 33.0 Å². The van der Waals surface area contributed by atoms with E-state index < -0.39 is 0 Å². The van der Waals surface area contributed by atoms with Gasteiger partial charge in [0.05, 0.1) is 5.52 Å². The van der Waals surface area contributed by atoms with Crippen LogP contribution < -0.4 is 4.98 Å². The summed E-state index contributed by atoms with van der Waals surface area (Å²) in [6.07, 6.45) is 5.85. The predicted molar refractivity (Wildman–Crippen MR) is 98.4 cm³/mol. The third-order valence-corrected chi connectivity index (χ3v) is 4.86. The minimum Gasteiger partial charge on any atom is -0.660 e. The number of fused-ring (bicyclic) bond motifs is 6. The van der Waals surface area contributed by atoms with Gasteiger partial charge >= 0.3 is 0 Å². The summed E-state index contributed by atoms with van der Waals surface area (Å²) in [5, 5.41) is 2.41. The average molecular weight is 503 g/mol. The van der Waals surface area contributed by atoms with Crippen LogP contribution in [0.5, 0.6) is 0 Å². The summed E-state index contributed by atoms with van der Waals surface area (Å²) in [6.45, 7) is 4.33. The van der Waals surface area contributed by atoms with Crippen molar-refractivity contribution in [3.63, 3.8) is 0 Å². The van der Waals surface area contributed by atoms with Gasteiger partial charge in [-0.25, -0.2) is 4.98 Å². The van der Waals surface area contributed by atoms with Gasteiger partial charge in [0, 0.05) is 37.9 Å². The predicted octanol–water partition coefficient (Wildman–Crippen LogP) is 4.88. The molecule has 0 aliphatic heterocycles. The van der Waals surface area contributed by atoms with Gasteiger partial charge in [0.25, 0.3) is 0 Å². The van der Waals surface area contributed by atoms with E-state index in [1.54, 1.807) is 0 Å². The summed E-state index contributed by atoms with van der Waals surface area (Å²) in [6, 6.07) is 14.9. The minimum absolute atomic E-state index is 0. The van der Waals surface area contributed by atoms with E-state index in [1.807, 2.05) is 18.6 Å². The monoisotopic (exact) mass is 503 g/mol. The molecule has 0 aliphatic rings. The van der Waals surface area contributed by atoms with Crippen molar-refractivity contribution in [3.05, 3.63) is 72.2 Å². The van der Waals surface area contributed by atoms with Crippen molar-refractivity contribution in [2.24, 2.45) is 0 Å². The Morgan fingerprint density at radius 3 is 2.52 bits per heavy atom. The molecule has 0 spiro atoms. The van der Waals surface area contributed by atoms with E-state index in [-0.39, 0.29) is 20.1 Å². The molecule has 0 aliphatic carbocycles. The first-order valence-electron chi connectivity index (χ1n) is 8.11. The zero-order chi connectivity index (χ0) is 16.3. The first-order valence-corrected chi connectivity index (χ1v) is 8.11. The summed E-state index contributed by atoms with van der Waals surface area (Å²) in [4.78, 5) is 9.29. The molecule has 1 radical (unpaired) electrons. The smallest absolute Gasteiger partial charge is 0.122 e. The molecule has 2 aromatic carbocycles. The maximum atomic E-state index is 4.74. The molecular weight excluding hydrogens is 486 g/mol. The summed E-state index contributed by atoms with van der Waals surface area (Å²) in [5.41, 5.74) is 8.08. The second-order valence-electron chi connectivity index (χ2n) is 6.30. The number of nitrogens with zero attached hydrogens (tertiary/aromatic N) is 3. The summed E-state index contributed by atoms with van der Waals surface area (Å²) < 4.78 is 2.12. The van der Waals surface area contributed by atoms with Crippen molar-refractivity contribution >= 4 is 27.5 Å². The zero-order valence-electron chi connectivity index (χ0n) is 13.9. The van der Waals surface area contributed by atoms with Crippen molar-refractivity contribution in [1.82, 2.24) is 14.4 Å². The third-order valence-electron chi connectivity index (χ3n) is 4.86. The van der Waals surface area contributed by atoms with Crippen molar-refractivity contribution in [2.45, 2.75) is 13.8 Å². The number of rotatable bonds is 1. The fourth-order valence-corrected chi connectivity index (χ4v) is 3.82. The van der Waals surface area contributed by atoms with E-state index in [0.717, 1.165) is 16.7 Å². The van der Waals surface area contributed by atoms with E-state index >= 15 is 0 Å². The van der Waals surface area contributed by atoms with Crippen LogP contribution in [-0.2, 0) is 20.1 Å². The van der Waals surface area contributed by atoms with Gasteiger partial charge in [-0.1, -0.05) is 41.9 Å². The molecule has 5 aromatic rings. The molecule has 3 aromatic heterocycles. The molecule has 0 amide bonds. The van der Waals surface area contributed by atoms with Crippen molar-refractivity contribution in [2.75, 3.05) is 0 Å². The van der Waals surface area contributed by atoms with Crippen LogP contribution in [0.3, 0.4) is 0 Å². The van der Waals surface area contributed by atoms with Crippen LogP contribution >= 0.6 is 0 Å². The molecule has 0 saturated heterocycles. The Kier molecular flexibility index (Phi) is 3.75. The normalized spacial score (nSPS) is 11.3. The SMILES string of the molecule is Cc1cccc(C)c1-c1c[n-]c2c1c1ccccc1n1ccnc21.[Ir]. The van der Waals surface area contributed by atoms with Gasteiger partial charge in [-0.15, -0.1) is 0 Å². The summed E-state index contributed by atoms with van der Waals surface area (Å²) in [7, 11) is 0. The molecule has 25 heavy (non-hydrogen) atoms. The Balaban J connectivity index is 0.00000157. The Labute approximate surface area is 159 Å². The largest absolute Gasteiger partial charge is 0.660 e. The molecular formula is C21H16IrN3-. The van der Waals surface area contributed by atoms with E-state index in [2.05, 4.69) is 65.7 Å². The van der Waals surface area contributed by atoms with E-state index in [4.69, 9.17) is 4.98 Å². The molecule has 0 saturated carbocycles. The molecule has 125 valence electrons. The van der Waals surface area contributed by atoms with Crippen LogP contribution in [0.4, 0.5) is 0 Å². The number of aromatic nitrogens is 3. The van der Waals surface area contributed by atoms with Crippen LogP contribution in [-0.4, -0.2) is 9.38 Å². The molecule has 3 nitrogen and oxygen atoms in total. The number of pyridine rings is 1. The molecule has 0 atom stereocenters. The van der Waals surface area contributed by atoms with Gasteiger partial charge in [-0.05, 0) is 47.6 Å². The van der Waals surface area contributed by atoms with E-state index in [9.17, 15) is 0 Å². The molecule has 0 bridgehead atoms. The Morgan fingerprint density at radius 2 is 1.72 bits per heavy atom. The summed E-state index contributed by atoms with van der Waals surface area (Å²) >= 11 is 0. The van der Waals surface area contributed by atoms with E-state index in [0.29, 0.717) is 0 Å². The second-order valence-corrected chi connectivity index (χ2v) is 6.30. The molecule has 0 unspecified atom stereocenters. The topological polar surface area (TPSA) is 31.4 Å². The standard InChI is InChI=1S/C21H16N3.Ir/c1-13-6-5-7-14(2)18(13)16-12-23-20-19(16)15-8-3-4-9-17(15)24-11-10-22-21(20)24;/h3-12H,1-2H3;/q-1;. The number of imidazole rings is 1. The van der Waals surface area contributed by atoms with Gasteiger partial charge < -0.3 is 9.38 Å². The van der Waals surface area contributed by atoms with Crippen LogP contribution in [0.1, 0.15) is 11.1 Å². The van der Waals surface area contributed by atoms with Crippen molar-refractivity contribution in [1.29, 1.82) is 0 Å². The fraction of sp³-hybridized carbons (Fsp3) is 0.0952. The van der Waals surface area contributed by atoms with Crippen molar-refractivity contribution in [3.8, 4) is 11.1 Å². The first kappa shape index (κ1) is 16.1. The molecule has 5 rings (SSSR count). The van der Waals surface area contributed by atoms with Crippen LogP contribution in [0, 0.1) is 13.8 Å². The second kappa shape index (κ2) is 5.83. The Morgan fingerprint density at radius 1 is 0.960 bits per heavy atom. The number of aryl methyl sites for hydroxylation is 2. The minimum atomic E-state index is 0. The van der Waals surface area contributed by atoms with Gasteiger partial charge in [-0.3, -0.25) is 0 Å². The molecule has 0 N–H and O–H groups in total. The number of hydrogen-bond donors (Lipinski definition) is 0. The summed E-state index contributed by atoms with van der Waals surface area (Å²) in [5.74, 6) is 0. The third kappa shape index (κ3) is 2.18. The maximum absolute atomic E-state index is 4.74. The fourth-order valence-electron chi connectivity index (χ4n) is 3.82. The van der Waals surface area contributed by atoms with Gasteiger partial charge in [-0.2, -0.15) is 6.20 Å². The Hall–Kier alpha value is -2.42. The number of benzene rings is 2. The first-order chi connectivity index (χ1) is 11.8.